The maximum Gasteiger partial charge on any atom is 0.306 e. The predicted molar refractivity (Wildman–Crippen MR) is 361 cm³/mol. The molecule has 93 heavy (non-hydrogen) atoms. The molecule has 6 fully saturated rings. The summed E-state index contributed by atoms with van der Waals surface area (Å²) in [5, 5.41) is 116. The molecule has 3 aromatic carbocycles. The molecule has 17 nitrogen and oxygen atoms in total. The summed E-state index contributed by atoms with van der Waals surface area (Å²) in [6.45, 7) is 7.32. The van der Waals surface area contributed by atoms with Gasteiger partial charge in [0.1, 0.15) is 23.9 Å². The van der Waals surface area contributed by atoms with E-state index in [0.29, 0.717) is 61.2 Å². The molecule has 20 atom stereocenters. The van der Waals surface area contributed by atoms with Crippen LogP contribution in [0.25, 0.3) is 21.7 Å². The van der Waals surface area contributed by atoms with Gasteiger partial charge in [0.2, 0.25) is 12.0 Å². The quantitative estimate of drug-likeness (QED) is 0.0319. The van der Waals surface area contributed by atoms with Crippen LogP contribution in [-0.2, 0) is 20.7 Å². The number of carbonyl (C=O) groups excluding carboxylic acids is 1. The molecule has 13 rings (SSSR count). The van der Waals surface area contributed by atoms with Gasteiger partial charge in [-0.2, -0.15) is 0 Å². The second kappa shape index (κ2) is 26.9. The minimum atomic E-state index is -2.53. The van der Waals surface area contributed by atoms with Crippen LogP contribution >= 0.6 is 21.6 Å². The number of ether oxygens (including phenoxy) is 4. The van der Waals surface area contributed by atoms with E-state index in [1.165, 1.54) is 16.3 Å². The summed E-state index contributed by atoms with van der Waals surface area (Å²) in [4.78, 5) is 13.2. The van der Waals surface area contributed by atoms with Crippen molar-refractivity contribution in [2.75, 3.05) is 52.3 Å². The Labute approximate surface area is 555 Å². The zero-order valence-electron chi connectivity index (χ0n) is 54.7. The van der Waals surface area contributed by atoms with Crippen molar-refractivity contribution in [2.24, 2.45) is 46.3 Å². The van der Waals surface area contributed by atoms with Crippen molar-refractivity contribution in [2.45, 2.75) is 206 Å². The number of hydrogen-bond acceptors (Lipinski definition) is 19. The summed E-state index contributed by atoms with van der Waals surface area (Å²) >= 11 is 0. The molecule has 11 N–H and O–H groups in total. The van der Waals surface area contributed by atoms with Crippen LogP contribution in [0.15, 0.2) is 101 Å². The number of aryl methyl sites for hydroxylation is 1. The Hall–Kier alpha value is -4.19. The van der Waals surface area contributed by atoms with E-state index in [1.54, 1.807) is 49.1 Å². The topological polar surface area (TPSA) is 265 Å². The minimum Gasteiger partial charge on any atom is -0.485 e. The molecule has 4 aromatic rings. The van der Waals surface area contributed by atoms with Crippen molar-refractivity contribution in [3.05, 3.63) is 108 Å². The number of allylic oxidation sites excluding steroid dienone is 4. The lowest BCUT2D eigenvalue weighted by Gasteiger charge is -2.67. The van der Waals surface area contributed by atoms with Crippen LogP contribution in [0, 0.1) is 46.3 Å². The largest absolute Gasteiger partial charge is 0.485 e. The lowest BCUT2D eigenvalue weighted by atomic mass is 9.50. The fraction of sp³-hybridized carbons (Fsp3) is 0.662. The molecule has 4 spiro atoms. The van der Waals surface area contributed by atoms with Gasteiger partial charge in [0.15, 0.2) is 16.9 Å². The minimum absolute atomic E-state index is 0.0333. The van der Waals surface area contributed by atoms with Gasteiger partial charge in [0.25, 0.3) is 0 Å². The fourth-order valence-electron chi connectivity index (χ4n) is 19.7. The zero-order valence-corrected chi connectivity index (χ0v) is 56.3. The third kappa shape index (κ3) is 12.1. The summed E-state index contributed by atoms with van der Waals surface area (Å²) in [7, 11) is 5.41. The standard InChI is InChI=1S/C74H101N3O14S2/c1-5-87-61(82)20-17-51-36-52-24-33-88-63(52)65-64(51)90-67-74(86)62-53(16-18-57(80)55(62)42-78)39-72(85,66(74)83)73(91-67)44-92-93-71(59(76-32-34-89-65)19-13-45(2)9-8-12-60(73)81)31-29-68(25-21-47(38-68)41-75-4)58(71)23-27-70(84)30-28-69(43-70)26-22-54(77-40-46(3)79)37-56(69)50-15-14-48-10-6-7-11-49(48)35-50/h6-7,10-11,14-16,18,22,24,26,33,35-37,45-47,53,55-60,62,66-67,75-81,83-86H,5,8-9,12-13,17,19-21,23,25,27-32,34,38-44H2,1-4H3/t45-,46+,47-,53+,55+,56+,57-,58+,59+,60-,62+,66+,67-,68+,69+,70-,71+,72+,73-,74-/m1/s1. The first kappa shape index (κ1) is 67.4. The Morgan fingerprint density at radius 3 is 2.57 bits per heavy atom. The van der Waals surface area contributed by atoms with Gasteiger partial charge in [-0.1, -0.05) is 108 Å². The zero-order chi connectivity index (χ0) is 65.1. The number of aliphatic hydroxyl groups excluding tert-OH is 5. The van der Waals surface area contributed by atoms with E-state index in [1.807, 2.05) is 23.9 Å². The van der Waals surface area contributed by atoms with Gasteiger partial charge in [-0.05, 0) is 193 Å². The van der Waals surface area contributed by atoms with Crippen molar-refractivity contribution in [3.63, 3.8) is 0 Å². The highest BCUT2D eigenvalue weighted by Crippen LogP contribution is 2.70. The Morgan fingerprint density at radius 2 is 1.76 bits per heavy atom. The molecule has 0 amide bonds. The smallest absolute Gasteiger partial charge is 0.306 e. The average Bonchev–Trinajstić information content (AvgIpc) is 1.58. The highest BCUT2D eigenvalue weighted by Gasteiger charge is 2.78. The maximum atomic E-state index is 14.0. The van der Waals surface area contributed by atoms with E-state index < -0.39 is 88.2 Å². The number of benzene rings is 3. The van der Waals surface area contributed by atoms with Gasteiger partial charge in [-0.3, -0.25) is 4.79 Å². The van der Waals surface area contributed by atoms with Gasteiger partial charge < -0.3 is 80.2 Å². The monoisotopic (exact) mass is 1320 g/mol. The van der Waals surface area contributed by atoms with Gasteiger partial charge >= 0.3 is 5.97 Å². The summed E-state index contributed by atoms with van der Waals surface area (Å²) in [6.07, 6.45) is 16.3. The van der Waals surface area contributed by atoms with Crippen molar-refractivity contribution in [1.82, 2.24) is 16.0 Å². The van der Waals surface area contributed by atoms with Crippen LogP contribution in [0.3, 0.4) is 0 Å². The van der Waals surface area contributed by atoms with Gasteiger partial charge in [-0.15, -0.1) is 0 Å². The van der Waals surface area contributed by atoms with E-state index >= 15 is 0 Å². The third-order valence-corrected chi connectivity index (χ3v) is 27.7. The summed E-state index contributed by atoms with van der Waals surface area (Å²) < 4.78 is 32.9. The normalized spacial score (nSPS) is 40.4. The SMILES string of the molecule is CCOC(=O)CCc1cc2ccoc2c2c1O[C@@H]1O[C@@]3(CSS[C@]4(CC[C@]5(CC[C@@H](CNC)C5)[C@@H]4CC[C@@]4(O)CC[C@@]5(C=CC(NC[C@H](C)O)=C[C@H]5c5ccc6ccccc6c5)C4)[C@H](CC[C@H](C)CCC[C@H]3O)NCCO2)[C@]2(O)C[C@@H]3C=C[C@@H](O)[C@H](CO)[C@H]3[C@@]1(O)[C@H]2O. The number of fused-ring (bicyclic) bond motifs is 12. The van der Waals surface area contributed by atoms with Crippen molar-refractivity contribution >= 4 is 49.3 Å². The predicted octanol–water partition coefficient (Wildman–Crippen LogP) is 9.29. The Kier molecular flexibility index (Phi) is 19.5. The van der Waals surface area contributed by atoms with Crippen molar-refractivity contribution in [3.8, 4) is 11.5 Å². The van der Waals surface area contributed by atoms with Crippen LogP contribution in [0.5, 0.6) is 11.5 Å². The van der Waals surface area contributed by atoms with E-state index in [9.17, 15) is 45.6 Å². The average molecular weight is 1320 g/mol. The molecule has 3 aliphatic heterocycles. The van der Waals surface area contributed by atoms with E-state index in [-0.39, 0.29) is 90.8 Å². The fourth-order valence-corrected chi connectivity index (χ4v) is 24.0. The number of nitrogens with one attached hydrogen (secondary N) is 3. The first-order valence-electron chi connectivity index (χ1n) is 34.9. The summed E-state index contributed by atoms with van der Waals surface area (Å²) in [5.41, 5.74) is -5.31. The van der Waals surface area contributed by atoms with Crippen molar-refractivity contribution < 1.29 is 69.0 Å². The molecule has 6 aliphatic carbocycles. The highest BCUT2D eigenvalue weighted by molar-refractivity contribution is 8.77. The molecule has 508 valence electrons. The maximum absolute atomic E-state index is 14.0. The second-order valence-corrected chi connectivity index (χ2v) is 32.6. The molecule has 19 heteroatoms. The molecule has 1 aromatic heterocycles. The molecule has 4 saturated carbocycles. The molecular formula is C74H101N3O14S2. The highest BCUT2D eigenvalue weighted by atomic mass is 33.1. The molecule has 9 aliphatic rings. The van der Waals surface area contributed by atoms with Crippen LogP contribution in [0.2, 0.25) is 0 Å². The molecule has 0 radical (unpaired) electrons. The number of rotatable bonds is 14. The molecule has 2 saturated heterocycles. The number of carbonyl (C=O) groups is 1. The van der Waals surface area contributed by atoms with Crippen LogP contribution in [0.1, 0.15) is 147 Å². The number of aliphatic hydroxyl groups is 8. The lowest BCUT2D eigenvalue weighted by molar-refractivity contribution is -0.424. The van der Waals surface area contributed by atoms with Gasteiger partial charge in [-0.25, -0.2) is 0 Å². The van der Waals surface area contributed by atoms with Gasteiger partial charge in [0.05, 0.1) is 36.8 Å². The molecule has 5 bridgehead atoms. The van der Waals surface area contributed by atoms with E-state index in [2.05, 4.69) is 83.6 Å². The summed E-state index contributed by atoms with van der Waals surface area (Å²) in [5.74, 6) is -2.31. The molecular weight excluding hydrogens is 1220 g/mol. The van der Waals surface area contributed by atoms with Crippen LogP contribution in [0.4, 0.5) is 0 Å². The van der Waals surface area contributed by atoms with Crippen molar-refractivity contribution in [1.29, 1.82) is 0 Å². The molecule has 0 unspecified atom stereocenters. The third-order valence-electron chi connectivity index (χ3n) is 24.4. The summed E-state index contributed by atoms with van der Waals surface area (Å²) in [6, 6.07) is 18.8. The number of hydrogen-bond donors (Lipinski definition) is 11. The van der Waals surface area contributed by atoms with E-state index in [0.717, 1.165) is 76.5 Å². The van der Waals surface area contributed by atoms with Crippen LogP contribution in [-0.4, -0.2) is 163 Å². The van der Waals surface area contributed by atoms with E-state index in [4.69, 9.17) is 23.4 Å². The number of esters is 1. The second-order valence-electron chi connectivity index (χ2n) is 29.9. The Bertz CT molecular complexity index is 3420. The Morgan fingerprint density at radius 1 is 0.925 bits per heavy atom. The lowest BCUT2D eigenvalue weighted by Crippen LogP contribution is -2.86. The first-order valence-corrected chi connectivity index (χ1v) is 37.2. The molecule has 4 heterocycles. The Balaban J connectivity index is 0.925. The van der Waals surface area contributed by atoms with Crippen LogP contribution < -0.4 is 25.4 Å². The number of furan rings is 1. The first-order chi connectivity index (χ1) is 44.7. The van der Waals surface area contributed by atoms with Gasteiger partial charge in [0, 0.05) is 76.9 Å².